The number of anilines is 2. The van der Waals surface area contributed by atoms with Crippen molar-refractivity contribution < 1.29 is 26.5 Å². The maximum absolute atomic E-state index is 8.46. The van der Waals surface area contributed by atoms with Gasteiger partial charge in [0.25, 0.3) is 0 Å². The van der Waals surface area contributed by atoms with E-state index in [2.05, 4.69) is 31.2 Å². The summed E-state index contributed by atoms with van der Waals surface area (Å²) in [6, 6.07) is 7.46. The van der Waals surface area contributed by atoms with Crippen molar-refractivity contribution in [3.8, 4) is 11.5 Å². The van der Waals surface area contributed by atoms with E-state index in [1.54, 1.807) is 18.2 Å². The molecule has 1 aromatic heterocycles. The van der Waals surface area contributed by atoms with Crippen molar-refractivity contribution in [3.05, 3.63) is 46.2 Å². The predicted molar refractivity (Wildman–Crippen MR) is 126 cm³/mol. The standard InChI is InChI=1S/C22H24BrClN4O3/c1-29-20-13-19-16(12-21(20)31-8-2-5-28-6-9-30-10-7-28)22(26-14-25-19)27-15-3-4-17(23)18(24)11-15/h3-4,11-14H,2,5-10H2,1H3,(H,25,26,27)/i1D3,2D2,5D2,8D2. The smallest absolute Gasteiger partial charge is 0.162 e. The van der Waals surface area contributed by atoms with Gasteiger partial charge in [-0.3, -0.25) is 4.90 Å². The van der Waals surface area contributed by atoms with Crippen molar-refractivity contribution in [3.63, 3.8) is 0 Å². The Bertz CT molecular complexity index is 1390. The molecule has 2 heterocycles. The summed E-state index contributed by atoms with van der Waals surface area (Å²) < 4.78 is 89.7. The van der Waals surface area contributed by atoms with Crippen molar-refractivity contribution in [1.29, 1.82) is 0 Å². The molecular formula is C22H24BrClN4O3. The fourth-order valence-electron chi connectivity index (χ4n) is 2.89. The normalized spacial score (nSPS) is 20.6. The van der Waals surface area contributed by atoms with Gasteiger partial charge in [-0.15, -0.1) is 0 Å². The van der Waals surface area contributed by atoms with Crippen LogP contribution in [0.3, 0.4) is 0 Å². The van der Waals surface area contributed by atoms with Crippen molar-refractivity contribution in [2.24, 2.45) is 0 Å². The molecule has 4 rings (SSSR count). The number of fused-ring (bicyclic) bond motifs is 1. The largest absolute Gasteiger partial charge is 0.493 e. The molecule has 3 aromatic rings. The Morgan fingerprint density at radius 3 is 2.94 bits per heavy atom. The molecule has 1 aliphatic rings. The van der Waals surface area contributed by atoms with Crippen LogP contribution in [0.15, 0.2) is 41.1 Å². The third-order valence-electron chi connectivity index (χ3n) is 4.43. The minimum Gasteiger partial charge on any atom is -0.493 e. The lowest BCUT2D eigenvalue weighted by molar-refractivity contribution is 0.0357. The first kappa shape index (κ1) is 13.4. The zero-order valence-electron chi connectivity index (χ0n) is 25.1. The van der Waals surface area contributed by atoms with Gasteiger partial charge < -0.3 is 19.5 Å². The summed E-state index contributed by atoms with van der Waals surface area (Å²) in [4.78, 5) is 9.49. The van der Waals surface area contributed by atoms with E-state index in [0.717, 1.165) is 4.90 Å². The van der Waals surface area contributed by atoms with Crippen LogP contribution in [0.4, 0.5) is 11.5 Å². The molecule has 0 saturated carbocycles. The van der Waals surface area contributed by atoms with Crippen LogP contribution in [0.2, 0.25) is 5.02 Å². The van der Waals surface area contributed by atoms with E-state index < -0.39 is 38.0 Å². The van der Waals surface area contributed by atoms with Gasteiger partial charge >= 0.3 is 0 Å². The third-order valence-corrected chi connectivity index (χ3v) is 5.66. The number of nitrogens with one attached hydrogen (secondary N) is 1. The SMILES string of the molecule is [2H]C([2H])([2H])Oc1cc2ncnc(Nc3ccc(Br)c(Cl)c3)c2cc1OC([2H])([2H])C([2H])([2H])C([2H])([2H])N1CCOCC1. The zero-order chi connectivity index (χ0) is 29.5. The number of rotatable bonds is 8. The highest BCUT2D eigenvalue weighted by atomic mass is 79.9. The highest BCUT2D eigenvalue weighted by Gasteiger charge is 2.13. The van der Waals surface area contributed by atoms with E-state index >= 15 is 0 Å². The third kappa shape index (κ3) is 5.57. The molecule has 2 aromatic carbocycles. The van der Waals surface area contributed by atoms with Gasteiger partial charge in [-0.1, -0.05) is 11.6 Å². The van der Waals surface area contributed by atoms with E-state index in [-0.39, 0.29) is 43.0 Å². The first-order valence-corrected chi connectivity index (χ1v) is 10.4. The van der Waals surface area contributed by atoms with E-state index in [9.17, 15) is 0 Å². The number of ether oxygens (including phenoxy) is 3. The summed E-state index contributed by atoms with van der Waals surface area (Å²) in [7, 11) is -2.97. The van der Waals surface area contributed by atoms with Gasteiger partial charge in [0.15, 0.2) is 11.5 Å². The Labute approximate surface area is 207 Å². The molecule has 1 N–H and O–H groups in total. The average Bonchev–Trinajstić information content (AvgIpc) is 2.86. The van der Waals surface area contributed by atoms with Crippen molar-refractivity contribution in [2.45, 2.75) is 6.37 Å². The Hall–Kier alpha value is -2.13. The van der Waals surface area contributed by atoms with E-state index in [1.165, 1.54) is 18.5 Å². The maximum atomic E-state index is 8.46. The molecule has 31 heavy (non-hydrogen) atoms. The summed E-state index contributed by atoms with van der Waals surface area (Å²) in [5, 5.41) is 3.73. The van der Waals surface area contributed by atoms with E-state index in [4.69, 9.17) is 38.1 Å². The molecule has 9 heteroatoms. The summed E-state index contributed by atoms with van der Waals surface area (Å²) in [5.41, 5.74) is 0.753. The summed E-state index contributed by atoms with van der Waals surface area (Å²) in [6.07, 6.45) is -2.02. The molecule has 7 nitrogen and oxygen atoms in total. The van der Waals surface area contributed by atoms with Gasteiger partial charge in [-0.05, 0) is 46.6 Å². The molecule has 0 amide bonds. The van der Waals surface area contributed by atoms with Crippen LogP contribution in [0.25, 0.3) is 10.9 Å². The van der Waals surface area contributed by atoms with Crippen LogP contribution in [0.1, 0.15) is 18.7 Å². The second kappa shape index (κ2) is 10.5. The number of morpholine rings is 1. The van der Waals surface area contributed by atoms with Crippen LogP contribution in [0.5, 0.6) is 11.5 Å². The Kier molecular flexibility index (Phi) is 4.53. The zero-order valence-corrected chi connectivity index (χ0v) is 18.5. The predicted octanol–water partition coefficient (Wildman–Crippen LogP) is 4.90. The molecule has 0 aliphatic carbocycles. The summed E-state index contributed by atoms with van der Waals surface area (Å²) in [5.74, 6) is -0.724. The fourth-order valence-corrected chi connectivity index (χ4v) is 3.32. The molecule has 0 atom stereocenters. The minimum absolute atomic E-state index is 0.0401. The second-order valence-electron chi connectivity index (χ2n) is 6.43. The Balaban J connectivity index is 1.77. The van der Waals surface area contributed by atoms with Crippen LogP contribution in [-0.4, -0.2) is 61.3 Å². The molecule has 0 radical (unpaired) electrons. The Morgan fingerprint density at radius 2 is 2.13 bits per heavy atom. The van der Waals surface area contributed by atoms with Gasteiger partial charge in [0.2, 0.25) is 0 Å². The fraction of sp³-hybridized carbons (Fsp3) is 0.364. The van der Waals surface area contributed by atoms with Crippen LogP contribution >= 0.6 is 27.5 Å². The van der Waals surface area contributed by atoms with Crippen molar-refractivity contribution >= 4 is 49.9 Å². The molecule has 1 aliphatic heterocycles. The second-order valence-corrected chi connectivity index (χ2v) is 7.70. The molecule has 1 fully saturated rings. The highest BCUT2D eigenvalue weighted by Crippen LogP contribution is 2.35. The van der Waals surface area contributed by atoms with Crippen molar-refractivity contribution in [1.82, 2.24) is 14.9 Å². The number of methoxy groups -OCH3 is 1. The molecule has 0 spiro atoms. The van der Waals surface area contributed by atoms with Gasteiger partial charge in [0, 0.05) is 46.7 Å². The lowest BCUT2D eigenvalue weighted by atomic mass is 10.2. The summed E-state index contributed by atoms with van der Waals surface area (Å²) >= 11 is 9.50. The highest BCUT2D eigenvalue weighted by molar-refractivity contribution is 9.10. The molecule has 1 saturated heterocycles. The lowest BCUT2D eigenvalue weighted by Crippen LogP contribution is -2.37. The minimum atomic E-state index is -3.31. The van der Waals surface area contributed by atoms with Crippen LogP contribution in [0, 0.1) is 0 Å². The maximum Gasteiger partial charge on any atom is 0.162 e. The molecule has 164 valence electrons. The number of hydrogen-bond donors (Lipinski definition) is 1. The molecular weight excluding hydrogens is 484 g/mol. The first-order valence-electron chi connectivity index (χ1n) is 13.7. The number of nitrogens with zero attached hydrogens (tertiary/aromatic N) is 3. The average molecular weight is 517 g/mol. The van der Waals surface area contributed by atoms with Crippen LogP contribution in [-0.2, 0) is 4.74 Å². The number of halogens is 2. The lowest BCUT2D eigenvalue weighted by Gasteiger charge is -2.26. The number of aromatic nitrogens is 2. The van der Waals surface area contributed by atoms with E-state index in [1.807, 2.05) is 0 Å². The van der Waals surface area contributed by atoms with Gasteiger partial charge in [-0.2, -0.15) is 0 Å². The van der Waals surface area contributed by atoms with Gasteiger partial charge in [0.05, 0.1) is 44.2 Å². The number of hydrogen-bond acceptors (Lipinski definition) is 7. The molecule has 0 bridgehead atoms. The van der Waals surface area contributed by atoms with Gasteiger partial charge in [-0.25, -0.2) is 9.97 Å². The monoisotopic (exact) mass is 515 g/mol. The molecule has 0 unspecified atom stereocenters. The van der Waals surface area contributed by atoms with Crippen LogP contribution < -0.4 is 14.8 Å². The topological polar surface area (TPSA) is 68.7 Å². The summed E-state index contributed by atoms with van der Waals surface area (Å²) in [6.45, 7) is -5.74. The van der Waals surface area contributed by atoms with E-state index in [0.29, 0.717) is 15.2 Å². The number of benzene rings is 2. The first-order chi connectivity index (χ1) is 18.5. The van der Waals surface area contributed by atoms with Crippen molar-refractivity contribution in [2.75, 3.05) is 51.7 Å². The quantitative estimate of drug-likeness (QED) is 0.457. The van der Waals surface area contributed by atoms with Gasteiger partial charge in [0.1, 0.15) is 12.1 Å². The Morgan fingerprint density at radius 1 is 1.26 bits per heavy atom.